The molecule has 1 atom stereocenters. The van der Waals surface area contributed by atoms with Gasteiger partial charge in [0.1, 0.15) is 18.2 Å². The minimum atomic E-state index is -0.533. The highest BCUT2D eigenvalue weighted by atomic mass is 79.9. The number of hydrogen-bond acceptors (Lipinski definition) is 5. The lowest BCUT2D eigenvalue weighted by atomic mass is 9.68. The number of allylic oxidation sites excluding steroid dienone is 3. The van der Waals surface area contributed by atoms with Crippen LogP contribution in [0.25, 0.3) is 0 Å². The summed E-state index contributed by atoms with van der Waals surface area (Å²) in [5.41, 5.74) is 14.6. The molecule has 0 saturated heterocycles. The van der Waals surface area contributed by atoms with Crippen molar-refractivity contribution in [1.29, 1.82) is 5.26 Å². The van der Waals surface area contributed by atoms with E-state index in [0.29, 0.717) is 36.4 Å². The molecular weight excluding hydrogens is 562 g/mol. The van der Waals surface area contributed by atoms with E-state index in [2.05, 4.69) is 54.9 Å². The van der Waals surface area contributed by atoms with Gasteiger partial charge in [0.15, 0.2) is 5.78 Å². The Labute approximate surface area is 245 Å². The Kier molecular flexibility index (Phi) is 7.37. The molecule has 2 aliphatic rings. The van der Waals surface area contributed by atoms with Gasteiger partial charge in [0.25, 0.3) is 0 Å². The Morgan fingerprint density at radius 2 is 1.70 bits per heavy atom. The van der Waals surface area contributed by atoms with Gasteiger partial charge in [-0.25, -0.2) is 0 Å². The molecule has 0 fully saturated rings. The predicted octanol–water partition coefficient (Wildman–Crippen LogP) is 7.89. The Balaban J connectivity index is 1.65. The third kappa shape index (κ3) is 5.19. The third-order valence-electron chi connectivity index (χ3n) is 7.92. The van der Waals surface area contributed by atoms with Crippen molar-refractivity contribution in [3.05, 3.63) is 116 Å². The maximum absolute atomic E-state index is 13.9. The van der Waals surface area contributed by atoms with Crippen molar-refractivity contribution in [1.82, 2.24) is 0 Å². The summed E-state index contributed by atoms with van der Waals surface area (Å²) >= 11 is 3.51. The summed E-state index contributed by atoms with van der Waals surface area (Å²) in [6, 6.07) is 22.4. The molecule has 1 heterocycles. The lowest BCUT2D eigenvalue weighted by molar-refractivity contribution is -0.118. The topological polar surface area (TPSA) is 79.3 Å². The van der Waals surface area contributed by atoms with Gasteiger partial charge in [-0.15, -0.1) is 0 Å². The van der Waals surface area contributed by atoms with E-state index in [1.807, 2.05) is 67.3 Å². The molecule has 0 bridgehead atoms. The van der Waals surface area contributed by atoms with Crippen LogP contribution in [0.3, 0.4) is 0 Å². The van der Waals surface area contributed by atoms with Crippen LogP contribution in [0.5, 0.6) is 5.75 Å². The molecule has 3 aromatic carbocycles. The van der Waals surface area contributed by atoms with Crippen LogP contribution in [0.4, 0.5) is 5.69 Å². The number of halogens is 1. The van der Waals surface area contributed by atoms with Crippen LogP contribution in [-0.2, 0) is 11.4 Å². The fraction of sp³-hybridized carbons (Fsp3) is 0.294. The van der Waals surface area contributed by atoms with Gasteiger partial charge in [0.2, 0.25) is 0 Å². The minimum absolute atomic E-state index is 0.0658. The SMILES string of the molecule is Cc1ccc(OCc2cc(C3C(C#N)=C(N)N(c4ccc(Br)cc4)C4=C3C(=O)CC(C)(C)C4)c(C)cc2C)cc1. The van der Waals surface area contributed by atoms with Crippen LogP contribution in [0, 0.1) is 37.5 Å². The molecule has 0 aromatic heterocycles. The van der Waals surface area contributed by atoms with Crippen LogP contribution in [0.1, 0.15) is 60.4 Å². The molecule has 0 spiro atoms. The van der Waals surface area contributed by atoms with Gasteiger partial charge in [-0.3, -0.25) is 9.69 Å². The molecule has 2 N–H and O–H groups in total. The molecule has 5 nitrogen and oxygen atoms in total. The molecular formula is C34H34BrN3O2. The summed E-state index contributed by atoms with van der Waals surface area (Å²) in [5.74, 6) is 0.702. The summed E-state index contributed by atoms with van der Waals surface area (Å²) in [7, 11) is 0. The first-order valence-corrected chi connectivity index (χ1v) is 14.3. The smallest absolute Gasteiger partial charge is 0.162 e. The molecule has 0 saturated carbocycles. The van der Waals surface area contributed by atoms with Crippen molar-refractivity contribution in [3.63, 3.8) is 0 Å². The van der Waals surface area contributed by atoms with Gasteiger partial charge in [0, 0.05) is 27.9 Å². The summed E-state index contributed by atoms with van der Waals surface area (Å²) in [6.07, 6.45) is 1.10. The third-order valence-corrected chi connectivity index (χ3v) is 8.45. The van der Waals surface area contributed by atoms with E-state index < -0.39 is 5.92 Å². The second-order valence-corrected chi connectivity index (χ2v) is 12.6. The van der Waals surface area contributed by atoms with Gasteiger partial charge >= 0.3 is 0 Å². The highest BCUT2D eigenvalue weighted by Gasteiger charge is 2.45. The normalized spacial score (nSPS) is 18.5. The predicted molar refractivity (Wildman–Crippen MR) is 163 cm³/mol. The van der Waals surface area contributed by atoms with E-state index in [1.54, 1.807) is 0 Å². The summed E-state index contributed by atoms with van der Waals surface area (Å²) in [4.78, 5) is 15.9. The zero-order valence-corrected chi connectivity index (χ0v) is 25.2. The number of anilines is 1. The Morgan fingerprint density at radius 1 is 1.02 bits per heavy atom. The number of nitriles is 1. The van der Waals surface area contributed by atoms with Crippen molar-refractivity contribution in [3.8, 4) is 11.8 Å². The molecule has 1 aliphatic heterocycles. The number of ketones is 1. The number of carbonyl (C=O) groups excluding carboxylic acids is 1. The Morgan fingerprint density at radius 3 is 2.35 bits per heavy atom. The van der Waals surface area contributed by atoms with Crippen LogP contribution in [-0.4, -0.2) is 5.78 Å². The first-order valence-electron chi connectivity index (χ1n) is 13.5. The lowest BCUT2D eigenvalue weighted by Crippen LogP contribution is -2.42. The number of nitrogens with two attached hydrogens (primary N) is 1. The zero-order valence-electron chi connectivity index (χ0n) is 23.6. The summed E-state index contributed by atoms with van der Waals surface area (Å²) in [5, 5.41) is 10.5. The number of rotatable bonds is 5. The van der Waals surface area contributed by atoms with Gasteiger partial charge in [-0.1, -0.05) is 59.6 Å². The van der Waals surface area contributed by atoms with Crippen molar-refractivity contribution in [2.75, 3.05) is 4.90 Å². The number of nitrogens with zero attached hydrogens (tertiary/aromatic N) is 2. The number of benzene rings is 3. The molecule has 204 valence electrons. The van der Waals surface area contributed by atoms with E-state index >= 15 is 0 Å². The first kappa shape index (κ1) is 27.7. The van der Waals surface area contributed by atoms with E-state index in [9.17, 15) is 10.1 Å². The maximum atomic E-state index is 13.9. The van der Waals surface area contributed by atoms with Crippen LogP contribution in [0.15, 0.2) is 87.8 Å². The van der Waals surface area contributed by atoms with Crippen LogP contribution in [0.2, 0.25) is 0 Å². The van der Waals surface area contributed by atoms with E-state index in [1.165, 1.54) is 5.56 Å². The van der Waals surface area contributed by atoms with Crippen LogP contribution < -0.4 is 15.4 Å². The zero-order chi connectivity index (χ0) is 28.8. The van der Waals surface area contributed by atoms with Gasteiger partial charge < -0.3 is 10.5 Å². The van der Waals surface area contributed by atoms with Crippen molar-refractivity contribution >= 4 is 27.4 Å². The van der Waals surface area contributed by atoms with Crippen molar-refractivity contribution in [2.45, 2.75) is 60.0 Å². The second-order valence-electron chi connectivity index (χ2n) is 11.7. The van der Waals surface area contributed by atoms with Crippen molar-refractivity contribution in [2.24, 2.45) is 11.1 Å². The molecule has 6 heteroatoms. The number of carbonyl (C=O) groups is 1. The summed E-state index contributed by atoms with van der Waals surface area (Å²) < 4.78 is 7.07. The molecule has 3 aromatic rings. The van der Waals surface area contributed by atoms with Crippen LogP contribution >= 0.6 is 15.9 Å². The maximum Gasteiger partial charge on any atom is 0.162 e. The van der Waals surface area contributed by atoms with Gasteiger partial charge in [-0.2, -0.15) is 5.26 Å². The minimum Gasteiger partial charge on any atom is -0.489 e. The Bertz CT molecular complexity index is 1590. The number of aryl methyl sites for hydroxylation is 3. The second kappa shape index (κ2) is 10.6. The standard InChI is InChI=1S/C34H34BrN3O2/c1-20-6-12-26(13-7-20)40-19-23-15-27(22(3)14-21(23)2)31-28(18-36)33(37)38(25-10-8-24(35)9-11-25)29-16-34(4,5)17-30(39)32(29)31/h6-15,31H,16-17,19,37H2,1-5H3. The average Bonchev–Trinajstić information content (AvgIpc) is 2.89. The molecule has 0 amide bonds. The van der Waals surface area contributed by atoms with Gasteiger partial charge in [-0.05, 0) is 91.3 Å². The van der Waals surface area contributed by atoms with Gasteiger partial charge in [0.05, 0.1) is 17.6 Å². The average molecular weight is 597 g/mol. The molecule has 1 unspecified atom stereocenters. The highest BCUT2D eigenvalue weighted by molar-refractivity contribution is 9.10. The lowest BCUT2D eigenvalue weighted by Gasteiger charge is -2.44. The summed E-state index contributed by atoms with van der Waals surface area (Å²) in [6.45, 7) is 10.8. The monoisotopic (exact) mass is 595 g/mol. The molecule has 1 aliphatic carbocycles. The number of Topliss-reactive ketones (excluding diaryl/α,β-unsaturated/α-hetero) is 1. The van der Waals surface area contributed by atoms with E-state index in [0.717, 1.165) is 43.9 Å². The fourth-order valence-electron chi connectivity index (χ4n) is 5.88. The Hall–Kier alpha value is -3.82. The van der Waals surface area contributed by atoms with Crippen molar-refractivity contribution < 1.29 is 9.53 Å². The number of hydrogen-bond donors (Lipinski definition) is 1. The highest BCUT2D eigenvalue weighted by Crippen LogP contribution is 2.51. The quantitative estimate of drug-likeness (QED) is 0.324. The molecule has 0 radical (unpaired) electrons. The fourth-order valence-corrected chi connectivity index (χ4v) is 6.15. The molecule has 5 rings (SSSR count). The van der Waals surface area contributed by atoms with E-state index in [4.69, 9.17) is 10.5 Å². The first-order chi connectivity index (χ1) is 19.0. The largest absolute Gasteiger partial charge is 0.489 e. The molecule has 40 heavy (non-hydrogen) atoms. The van der Waals surface area contributed by atoms with E-state index in [-0.39, 0.29) is 11.2 Å². The number of ether oxygens (including phenoxy) is 1.